The fourth-order valence-electron chi connectivity index (χ4n) is 3.70. The molecule has 1 aromatic heterocycles. The third-order valence-electron chi connectivity index (χ3n) is 5.10. The van der Waals surface area contributed by atoms with Gasteiger partial charge in [0.1, 0.15) is 5.82 Å². The Kier molecular flexibility index (Phi) is 4.57. The van der Waals surface area contributed by atoms with Gasteiger partial charge in [0.05, 0.1) is 17.8 Å². The van der Waals surface area contributed by atoms with Crippen LogP contribution in [0, 0.1) is 0 Å². The van der Waals surface area contributed by atoms with Crippen molar-refractivity contribution >= 4 is 11.6 Å². The maximum atomic E-state index is 12.7. The average Bonchev–Trinajstić information content (AvgIpc) is 3.28. The molecule has 4 heteroatoms. The Morgan fingerprint density at radius 3 is 2.65 bits per heavy atom. The standard InChI is InChI=1S/C22H23N3O/c1-2-19(16-7-4-3-5-8-16)22(26)24-18-12-10-17(11-13-18)20-15-23-21-9-6-14-25(20)21/h3-5,7-8,10-13,15,19H,2,6,9,14H2,1H3,(H,24,26). The van der Waals surface area contributed by atoms with Crippen LogP contribution in [0.15, 0.2) is 60.8 Å². The summed E-state index contributed by atoms with van der Waals surface area (Å²) in [5.74, 6) is 1.08. The molecule has 26 heavy (non-hydrogen) atoms. The molecule has 0 saturated heterocycles. The van der Waals surface area contributed by atoms with E-state index < -0.39 is 0 Å². The predicted molar refractivity (Wildman–Crippen MR) is 104 cm³/mol. The van der Waals surface area contributed by atoms with Crippen molar-refractivity contribution in [1.82, 2.24) is 9.55 Å². The van der Waals surface area contributed by atoms with Gasteiger partial charge in [0.25, 0.3) is 0 Å². The monoisotopic (exact) mass is 345 g/mol. The lowest BCUT2D eigenvalue weighted by molar-refractivity contribution is -0.117. The second-order valence-electron chi connectivity index (χ2n) is 6.75. The Morgan fingerprint density at radius 2 is 1.92 bits per heavy atom. The molecule has 2 aromatic carbocycles. The first-order valence-corrected chi connectivity index (χ1v) is 9.27. The molecule has 3 aromatic rings. The van der Waals surface area contributed by atoms with Crippen LogP contribution in [0.4, 0.5) is 5.69 Å². The summed E-state index contributed by atoms with van der Waals surface area (Å²) in [5, 5.41) is 3.05. The van der Waals surface area contributed by atoms with E-state index >= 15 is 0 Å². The minimum absolute atomic E-state index is 0.0386. The van der Waals surface area contributed by atoms with Crippen LogP contribution in [-0.2, 0) is 17.8 Å². The smallest absolute Gasteiger partial charge is 0.231 e. The van der Waals surface area contributed by atoms with E-state index in [9.17, 15) is 4.79 Å². The Balaban J connectivity index is 1.49. The summed E-state index contributed by atoms with van der Waals surface area (Å²) in [5.41, 5.74) is 4.18. The maximum absolute atomic E-state index is 12.7. The second kappa shape index (κ2) is 7.16. The van der Waals surface area contributed by atoms with Gasteiger partial charge in [-0.15, -0.1) is 0 Å². The first-order valence-electron chi connectivity index (χ1n) is 9.27. The summed E-state index contributed by atoms with van der Waals surface area (Å²) in [6, 6.07) is 18.0. The van der Waals surface area contributed by atoms with Gasteiger partial charge < -0.3 is 9.88 Å². The van der Waals surface area contributed by atoms with Crippen LogP contribution >= 0.6 is 0 Å². The van der Waals surface area contributed by atoms with E-state index in [0.29, 0.717) is 0 Å². The van der Waals surface area contributed by atoms with E-state index in [1.54, 1.807) is 0 Å². The van der Waals surface area contributed by atoms with Gasteiger partial charge in [-0.2, -0.15) is 0 Å². The van der Waals surface area contributed by atoms with Gasteiger partial charge in [0.2, 0.25) is 5.91 Å². The minimum atomic E-state index is -0.131. The largest absolute Gasteiger partial charge is 0.328 e. The minimum Gasteiger partial charge on any atom is -0.328 e. The molecule has 1 aliphatic heterocycles. The van der Waals surface area contributed by atoms with Gasteiger partial charge in [0, 0.05) is 18.7 Å². The van der Waals surface area contributed by atoms with Crippen LogP contribution in [0.1, 0.15) is 37.1 Å². The van der Waals surface area contributed by atoms with E-state index in [1.807, 2.05) is 55.6 Å². The number of carbonyl (C=O) groups excluding carboxylic acids is 1. The van der Waals surface area contributed by atoms with Crippen LogP contribution in [0.25, 0.3) is 11.3 Å². The lowest BCUT2D eigenvalue weighted by atomic mass is 9.95. The number of fused-ring (bicyclic) bond motifs is 1. The molecular weight excluding hydrogens is 322 g/mol. The zero-order valence-electron chi connectivity index (χ0n) is 15.0. The quantitative estimate of drug-likeness (QED) is 0.733. The maximum Gasteiger partial charge on any atom is 0.231 e. The first-order chi connectivity index (χ1) is 12.8. The SMILES string of the molecule is CCC(C(=O)Nc1ccc(-c2cnc3n2CCC3)cc1)c1ccccc1. The highest BCUT2D eigenvalue weighted by atomic mass is 16.1. The molecule has 0 aliphatic carbocycles. The van der Waals surface area contributed by atoms with E-state index in [0.717, 1.165) is 41.9 Å². The Labute approximate surface area is 153 Å². The summed E-state index contributed by atoms with van der Waals surface area (Å²) < 4.78 is 2.29. The number of carbonyl (C=O) groups is 1. The first kappa shape index (κ1) is 16.6. The van der Waals surface area contributed by atoms with Crippen molar-refractivity contribution < 1.29 is 4.79 Å². The Hall–Kier alpha value is -2.88. The van der Waals surface area contributed by atoms with Gasteiger partial charge in [-0.1, -0.05) is 49.4 Å². The molecule has 1 atom stereocenters. The number of aromatic nitrogens is 2. The Bertz CT molecular complexity index is 897. The molecule has 2 heterocycles. The summed E-state index contributed by atoms with van der Waals surface area (Å²) in [6.07, 6.45) is 4.95. The molecule has 132 valence electrons. The third-order valence-corrected chi connectivity index (χ3v) is 5.10. The highest BCUT2D eigenvalue weighted by molar-refractivity contribution is 5.96. The van der Waals surface area contributed by atoms with E-state index in [-0.39, 0.29) is 11.8 Å². The summed E-state index contributed by atoms with van der Waals surface area (Å²) >= 11 is 0. The van der Waals surface area contributed by atoms with Crippen LogP contribution < -0.4 is 5.32 Å². The van der Waals surface area contributed by atoms with Crippen LogP contribution in [0.2, 0.25) is 0 Å². The molecule has 4 rings (SSSR count). The number of benzene rings is 2. The molecule has 1 amide bonds. The van der Waals surface area contributed by atoms with Crippen molar-refractivity contribution in [2.45, 2.75) is 38.6 Å². The number of aryl methyl sites for hydroxylation is 1. The number of amides is 1. The molecule has 4 nitrogen and oxygen atoms in total. The molecule has 0 bridgehead atoms. The topological polar surface area (TPSA) is 46.9 Å². The van der Waals surface area contributed by atoms with E-state index in [2.05, 4.69) is 27.0 Å². The molecule has 0 saturated carbocycles. The molecule has 1 N–H and O–H groups in total. The van der Waals surface area contributed by atoms with Crippen molar-refractivity contribution in [2.24, 2.45) is 0 Å². The number of hydrogen-bond donors (Lipinski definition) is 1. The average molecular weight is 345 g/mol. The van der Waals surface area contributed by atoms with E-state index in [1.165, 1.54) is 12.2 Å². The lowest BCUT2D eigenvalue weighted by Gasteiger charge is -2.15. The number of anilines is 1. The van der Waals surface area contributed by atoms with Crippen LogP contribution in [0.5, 0.6) is 0 Å². The predicted octanol–water partition coefficient (Wildman–Crippen LogP) is 4.63. The lowest BCUT2D eigenvalue weighted by Crippen LogP contribution is -2.20. The van der Waals surface area contributed by atoms with Crippen LogP contribution in [-0.4, -0.2) is 15.5 Å². The van der Waals surface area contributed by atoms with Gasteiger partial charge in [-0.3, -0.25) is 4.79 Å². The fraction of sp³-hybridized carbons (Fsp3) is 0.273. The van der Waals surface area contributed by atoms with Crippen molar-refractivity contribution in [1.29, 1.82) is 0 Å². The number of imidazole rings is 1. The number of hydrogen-bond acceptors (Lipinski definition) is 2. The molecular formula is C22H23N3O. The van der Waals surface area contributed by atoms with Crippen molar-refractivity contribution in [3.8, 4) is 11.3 Å². The van der Waals surface area contributed by atoms with Gasteiger partial charge in [-0.05, 0) is 36.1 Å². The molecule has 0 spiro atoms. The third kappa shape index (κ3) is 3.15. The van der Waals surface area contributed by atoms with Crippen molar-refractivity contribution in [2.75, 3.05) is 5.32 Å². The zero-order valence-corrected chi connectivity index (χ0v) is 15.0. The van der Waals surface area contributed by atoms with Gasteiger partial charge in [-0.25, -0.2) is 4.98 Å². The summed E-state index contributed by atoms with van der Waals surface area (Å²) in [4.78, 5) is 17.2. The second-order valence-corrected chi connectivity index (χ2v) is 6.75. The molecule has 0 fully saturated rings. The van der Waals surface area contributed by atoms with Crippen molar-refractivity contribution in [3.63, 3.8) is 0 Å². The van der Waals surface area contributed by atoms with Crippen LogP contribution in [0.3, 0.4) is 0 Å². The zero-order chi connectivity index (χ0) is 17.9. The highest BCUT2D eigenvalue weighted by Crippen LogP contribution is 2.27. The van der Waals surface area contributed by atoms with E-state index in [4.69, 9.17) is 0 Å². The van der Waals surface area contributed by atoms with Gasteiger partial charge in [0.15, 0.2) is 0 Å². The number of rotatable bonds is 5. The number of nitrogens with zero attached hydrogens (tertiary/aromatic N) is 2. The van der Waals surface area contributed by atoms with Gasteiger partial charge >= 0.3 is 0 Å². The normalized spacial score (nSPS) is 14.0. The summed E-state index contributed by atoms with van der Waals surface area (Å²) in [7, 11) is 0. The Morgan fingerprint density at radius 1 is 1.15 bits per heavy atom. The molecule has 1 unspecified atom stereocenters. The van der Waals surface area contributed by atoms with Crippen molar-refractivity contribution in [3.05, 3.63) is 72.2 Å². The number of nitrogens with one attached hydrogen (secondary N) is 1. The molecule has 1 aliphatic rings. The molecule has 0 radical (unpaired) electrons. The fourth-order valence-corrected chi connectivity index (χ4v) is 3.70. The summed E-state index contributed by atoms with van der Waals surface area (Å²) in [6.45, 7) is 3.08. The highest BCUT2D eigenvalue weighted by Gasteiger charge is 2.19.